The van der Waals surface area contributed by atoms with E-state index in [2.05, 4.69) is 25.9 Å². The number of fused-ring (bicyclic) bond motifs is 1. The van der Waals surface area contributed by atoms with Gasteiger partial charge in [0.25, 0.3) is 11.8 Å². The molecule has 0 aliphatic carbocycles. The third-order valence-electron chi connectivity index (χ3n) is 6.85. The van der Waals surface area contributed by atoms with E-state index >= 15 is 4.39 Å². The van der Waals surface area contributed by atoms with Crippen LogP contribution in [0.5, 0.6) is 17.4 Å². The van der Waals surface area contributed by atoms with E-state index < -0.39 is 59.0 Å². The molecule has 3 aromatic rings. The Morgan fingerprint density at radius 3 is 2.71 bits per heavy atom. The highest BCUT2D eigenvalue weighted by atomic mass is 19.4. The maximum Gasteiger partial charge on any atom is 0.423 e. The second-order valence-electron chi connectivity index (χ2n) is 9.71. The molecule has 0 spiro atoms. The van der Waals surface area contributed by atoms with Crippen molar-refractivity contribution in [2.24, 2.45) is 0 Å². The van der Waals surface area contributed by atoms with Gasteiger partial charge in [-0.25, -0.2) is 13.8 Å². The smallest absolute Gasteiger partial charge is 0.423 e. The number of hydrogen-bond acceptors (Lipinski definition) is 8. The standard InChI is InChI=1S/C27H25F5N6O4/c1-38-12-13-4-3-5-20(22(13)25(38)40)42-24-15(27(30,31)32)10-34-26(37-24)36-19-9-16(28)14(8-21(19)41-2)23(39)35-18-6-7-33-11-17(18)29/h3-5,8-10,17-18,33H,6-7,11-12H2,1-2H3,(H,35,39)(H,34,36,37)/t17-,18+/m0/s1. The number of ether oxygens (including phenoxy) is 2. The number of anilines is 2. The molecule has 0 radical (unpaired) electrons. The zero-order chi connectivity index (χ0) is 30.2. The summed E-state index contributed by atoms with van der Waals surface area (Å²) in [6.45, 7) is 0.803. The van der Waals surface area contributed by atoms with Gasteiger partial charge in [-0.2, -0.15) is 18.2 Å². The minimum Gasteiger partial charge on any atom is -0.495 e. The maximum absolute atomic E-state index is 15.0. The average molecular weight is 593 g/mol. The largest absolute Gasteiger partial charge is 0.495 e. The Morgan fingerprint density at radius 2 is 2.00 bits per heavy atom. The molecule has 42 heavy (non-hydrogen) atoms. The fourth-order valence-corrected chi connectivity index (χ4v) is 4.70. The lowest BCUT2D eigenvalue weighted by atomic mass is 10.0. The SMILES string of the molecule is COc1cc(C(=O)N[C@@H]2CCNC[C@@H]2F)c(F)cc1Nc1ncc(C(F)(F)F)c(Oc2cccc3c2C(=O)N(C)C3)n1. The minimum absolute atomic E-state index is 0.0541. The molecule has 0 saturated carbocycles. The Balaban J connectivity index is 1.44. The van der Waals surface area contributed by atoms with Crippen molar-refractivity contribution in [3.63, 3.8) is 0 Å². The van der Waals surface area contributed by atoms with Gasteiger partial charge in [-0.05, 0) is 30.7 Å². The van der Waals surface area contributed by atoms with Gasteiger partial charge >= 0.3 is 6.18 Å². The molecule has 3 heterocycles. The molecule has 222 valence electrons. The molecule has 2 aliphatic rings. The van der Waals surface area contributed by atoms with Crippen molar-refractivity contribution in [2.45, 2.75) is 31.4 Å². The minimum atomic E-state index is -4.90. The molecule has 2 atom stereocenters. The van der Waals surface area contributed by atoms with Crippen molar-refractivity contribution in [3.05, 3.63) is 64.6 Å². The van der Waals surface area contributed by atoms with Crippen LogP contribution in [0.1, 0.15) is 38.3 Å². The first kappa shape index (κ1) is 29.0. The number of carbonyl (C=O) groups is 2. The van der Waals surface area contributed by atoms with E-state index in [1.54, 1.807) is 19.2 Å². The molecule has 0 unspecified atom stereocenters. The van der Waals surface area contributed by atoms with Crippen molar-refractivity contribution in [1.29, 1.82) is 0 Å². The monoisotopic (exact) mass is 592 g/mol. The first-order valence-electron chi connectivity index (χ1n) is 12.8. The third-order valence-corrected chi connectivity index (χ3v) is 6.85. The zero-order valence-corrected chi connectivity index (χ0v) is 22.3. The number of carbonyl (C=O) groups excluding carboxylic acids is 2. The number of rotatable bonds is 7. The van der Waals surface area contributed by atoms with Gasteiger partial charge in [0, 0.05) is 32.4 Å². The van der Waals surface area contributed by atoms with Gasteiger partial charge in [-0.3, -0.25) is 9.59 Å². The van der Waals surface area contributed by atoms with Gasteiger partial charge < -0.3 is 30.3 Å². The number of hydrogen-bond donors (Lipinski definition) is 3. The molecule has 2 amide bonds. The molecule has 2 aliphatic heterocycles. The summed E-state index contributed by atoms with van der Waals surface area (Å²) in [6, 6.07) is 5.69. The lowest BCUT2D eigenvalue weighted by molar-refractivity contribution is -0.139. The second kappa shape index (κ2) is 11.4. The summed E-state index contributed by atoms with van der Waals surface area (Å²) in [5.74, 6) is -3.79. The Kier molecular flexibility index (Phi) is 7.86. The van der Waals surface area contributed by atoms with E-state index in [1.807, 2.05) is 0 Å². The fourth-order valence-electron chi connectivity index (χ4n) is 4.70. The van der Waals surface area contributed by atoms with Crippen molar-refractivity contribution in [1.82, 2.24) is 25.5 Å². The van der Waals surface area contributed by atoms with Crippen LogP contribution in [0.2, 0.25) is 0 Å². The number of nitrogens with one attached hydrogen (secondary N) is 3. The number of alkyl halides is 4. The molecule has 15 heteroatoms. The maximum atomic E-state index is 15.0. The lowest BCUT2D eigenvalue weighted by Gasteiger charge is -2.27. The van der Waals surface area contributed by atoms with Gasteiger partial charge in [0.15, 0.2) is 0 Å². The van der Waals surface area contributed by atoms with Crippen LogP contribution in [0.15, 0.2) is 36.5 Å². The van der Waals surface area contributed by atoms with Crippen LogP contribution >= 0.6 is 0 Å². The molecule has 1 aromatic heterocycles. The number of halogens is 5. The van der Waals surface area contributed by atoms with Gasteiger partial charge in [0.1, 0.15) is 29.1 Å². The Labute approximate surface area is 236 Å². The average Bonchev–Trinajstić information content (AvgIpc) is 3.23. The predicted octanol–water partition coefficient (Wildman–Crippen LogP) is 4.19. The van der Waals surface area contributed by atoms with Crippen molar-refractivity contribution < 1.29 is 41.0 Å². The lowest BCUT2D eigenvalue weighted by Crippen LogP contribution is -2.51. The van der Waals surface area contributed by atoms with Crippen molar-refractivity contribution in [2.75, 3.05) is 32.6 Å². The fraction of sp³-hybridized carbons (Fsp3) is 0.333. The summed E-state index contributed by atoms with van der Waals surface area (Å²) >= 11 is 0. The molecular formula is C27H25F5N6O4. The summed E-state index contributed by atoms with van der Waals surface area (Å²) in [5.41, 5.74) is -1.15. The summed E-state index contributed by atoms with van der Waals surface area (Å²) in [7, 11) is 2.78. The van der Waals surface area contributed by atoms with Crippen LogP contribution in [0.25, 0.3) is 0 Å². The molecule has 1 saturated heterocycles. The molecule has 1 fully saturated rings. The van der Waals surface area contributed by atoms with E-state index in [1.165, 1.54) is 18.1 Å². The first-order chi connectivity index (χ1) is 20.0. The van der Waals surface area contributed by atoms with Crippen LogP contribution < -0.4 is 25.4 Å². The van der Waals surface area contributed by atoms with Gasteiger partial charge in [-0.15, -0.1) is 0 Å². The Hall–Kier alpha value is -4.53. The molecule has 5 rings (SSSR count). The number of methoxy groups -OCH3 is 1. The number of piperidine rings is 1. The summed E-state index contributed by atoms with van der Waals surface area (Å²) in [5, 5.41) is 7.91. The van der Waals surface area contributed by atoms with Crippen LogP contribution in [0.3, 0.4) is 0 Å². The molecule has 3 N–H and O–H groups in total. The highest BCUT2D eigenvalue weighted by Gasteiger charge is 2.38. The van der Waals surface area contributed by atoms with Crippen molar-refractivity contribution in [3.8, 4) is 17.4 Å². The number of amides is 2. The Bertz CT molecular complexity index is 1540. The van der Waals surface area contributed by atoms with E-state index in [9.17, 15) is 27.2 Å². The second-order valence-corrected chi connectivity index (χ2v) is 9.71. The van der Waals surface area contributed by atoms with Crippen molar-refractivity contribution >= 4 is 23.5 Å². The molecule has 2 aromatic carbocycles. The predicted molar refractivity (Wildman–Crippen MR) is 139 cm³/mol. The van der Waals surface area contributed by atoms with E-state index in [4.69, 9.17) is 9.47 Å². The van der Waals surface area contributed by atoms with Gasteiger partial charge in [0.2, 0.25) is 11.8 Å². The number of aromatic nitrogens is 2. The molecule has 0 bridgehead atoms. The van der Waals surface area contributed by atoms with E-state index in [0.717, 1.165) is 12.1 Å². The summed E-state index contributed by atoms with van der Waals surface area (Å²) in [4.78, 5) is 34.2. The van der Waals surface area contributed by atoms with Crippen LogP contribution in [-0.4, -0.2) is 66.1 Å². The zero-order valence-electron chi connectivity index (χ0n) is 22.3. The van der Waals surface area contributed by atoms with E-state index in [-0.39, 0.29) is 35.8 Å². The molecular weight excluding hydrogens is 567 g/mol. The first-order valence-corrected chi connectivity index (χ1v) is 12.8. The molecule has 10 nitrogen and oxygen atoms in total. The third kappa shape index (κ3) is 5.77. The van der Waals surface area contributed by atoms with Gasteiger partial charge in [0.05, 0.1) is 30.0 Å². The van der Waals surface area contributed by atoms with E-state index in [0.29, 0.717) is 24.7 Å². The van der Waals surface area contributed by atoms with Crippen LogP contribution in [0, 0.1) is 5.82 Å². The van der Waals surface area contributed by atoms with Crippen LogP contribution in [0.4, 0.5) is 33.6 Å². The highest BCUT2D eigenvalue weighted by Crippen LogP contribution is 2.40. The van der Waals surface area contributed by atoms with Gasteiger partial charge in [-0.1, -0.05) is 12.1 Å². The van der Waals surface area contributed by atoms with Crippen LogP contribution in [-0.2, 0) is 12.7 Å². The normalized spacial score (nSPS) is 18.5. The quantitative estimate of drug-likeness (QED) is 0.350. The highest BCUT2D eigenvalue weighted by molar-refractivity contribution is 6.01. The number of benzene rings is 2. The summed E-state index contributed by atoms with van der Waals surface area (Å²) in [6.07, 6.45) is -5.45. The number of nitrogens with zero attached hydrogens (tertiary/aromatic N) is 3. The Morgan fingerprint density at radius 1 is 1.21 bits per heavy atom. The summed E-state index contributed by atoms with van der Waals surface area (Å²) < 4.78 is 81.4. The topological polar surface area (TPSA) is 118 Å².